The fourth-order valence-corrected chi connectivity index (χ4v) is 3.65. The van der Waals surface area contributed by atoms with Gasteiger partial charge in [0.15, 0.2) is 0 Å². The van der Waals surface area contributed by atoms with Gasteiger partial charge >= 0.3 is 6.18 Å². The molecule has 0 saturated heterocycles. The summed E-state index contributed by atoms with van der Waals surface area (Å²) in [7, 11) is -4.01. The Balaban J connectivity index is 2.38. The van der Waals surface area contributed by atoms with Gasteiger partial charge in [0.1, 0.15) is 0 Å². The molecule has 1 aromatic carbocycles. The van der Waals surface area contributed by atoms with Crippen LogP contribution in [0.25, 0.3) is 0 Å². The van der Waals surface area contributed by atoms with E-state index in [1.165, 1.54) is 0 Å². The smallest absolute Gasteiger partial charge is 0.395 e. The first kappa shape index (κ1) is 15.3. The lowest BCUT2D eigenvalue weighted by Crippen LogP contribution is -2.35. The normalized spacial score (nSPS) is 16.6. The molecule has 1 aromatic rings. The predicted molar refractivity (Wildman–Crippen MR) is 65.4 cm³/mol. The summed E-state index contributed by atoms with van der Waals surface area (Å²) in [6.45, 7) is -0.474. The van der Waals surface area contributed by atoms with Crippen molar-refractivity contribution >= 4 is 10.0 Å². The number of alkyl halides is 3. The molecule has 1 fully saturated rings. The van der Waals surface area contributed by atoms with Crippen molar-refractivity contribution in [2.45, 2.75) is 30.0 Å². The van der Waals surface area contributed by atoms with Gasteiger partial charge in [0.25, 0.3) is 0 Å². The summed E-state index contributed by atoms with van der Waals surface area (Å²) in [5.74, 6) is 0. The molecule has 4 nitrogen and oxygen atoms in total. The maximum Gasteiger partial charge on any atom is 0.416 e. The summed E-state index contributed by atoms with van der Waals surface area (Å²) in [5, 5.41) is 8.92. The Morgan fingerprint density at radius 3 is 2.45 bits per heavy atom. The zero-order chi connectivity index (χ0) is 15.0. The fraction of sp³-hybridized carbons (Fsp3) is 0.500. The van der Waals surface area contributed by atoms with Crippen LogP contribution in [0, 0.1) is 0 Å². The maximum absolute atomic E-state index is 12.6. The van der Waals surface area contributed by atoms with Crippen molar-refractivity contribution < 1.29 is 26.7 Å². The molecule has 0 amide bonds. The van der Waals surface area contributed by atoms with Crippen molar-refractivity contribution in [1.29, 1.82) is 0 Å². The fourth-order valence-electron chi connectivity index (χ4n) is 1.93. The van der Waals surface area contributed by atoms with E-state index in [2.05, 4.69) is 0 Å². The van der Waals surface area contributed by atoms with Crippen molar-refractivity contribution in [2.24, 2.45) is 0 Å². The van der Waals surface area contributed by atoms with Gasteiger partial charge in [0.05, 0.1) is 17.1 Å². The molecule has 1 aliphatic rings. The Morgan fingerprint density at radius 1 is 1.30 bits per heavy atom. The van der Waals surface area contributed by atoms with Gasteiger partial charge in [-0.25, -0.2) is 8.42 Å². The first-order valence-corrected chi connectivity index (χ1v) is 7.51. The quantitative estimate of drug-likeness (QED) is 0.903. The standard InChI is InChI=1S/C12H14F3NO3S/c13-12(14,15)9-2-1-3-11(8-9)20(18,19)16(6-7-17)10-4-5-10/h1-3,8,10,17H,4-7H2. The highest BCUT2D eigenvalue weighted by Crippen LogP contribution is 2.34. The molecule has 0 radical (unpaired) electrons. The van der Waals surface area contributed by atoms with Gasteiger partial charge in [-0.1, -0.05) is 6.07 Å². The summed E-state index contributed by atoms with van der Waals surface area (Å²) in [6.07, 6.45) is -3.26. The van der Waals surface area contributed by atoms with Gasteiger partial charge in [-0.2, -0.15) is 17.5 Å². The van der Waals surface area contributed by atoms with E-state index >= 15 is 0 Å². The second kappa shape index (κ2) is 5.34. The molecular weight excluding hydrogens is 295 g/mol. The Labute approximate surface area is 114 Å². The molecule has 112 valence electrons. The van der Waals surface area contributed by atoms with Crippen LogP contribution in [0.2, 0.25) is 0 Å². The van der Waals surface area contributed by atoms with Crippen LogP contribution in [0.15, 0.2) is 29.2 Å². The molecule has 0 heterocycles. The number of benzene rings is 1. The van der Waals surface area contributed by atoms with E-state index in [1.807, 2.05) is 0 Å². The minimum absolute atomic E-state index is 0.108. The topological polar surface area (TPSA) is 57.6 Å². The highest BCUT2D eigenvalue weighted by Gasteiger charge is 2.39. The van der Waals surface area contributed by atoms with Crippen molar-refractivity contribution in [1.82, 2.24) is 4.31 Å². The zero-order valence-electron chi connectivity index (χ0n) is 10.5. The molecule has 0 aromatic heterocycles. The second-order valence-electron chi connectivity index (χ2n) is 4.60. The number of sulfonamides is 1. The first-order valence-electron chi connectivity index (χ1n) is 6.07. The van der Waals surface area contributed by atoms with Crippen LogP contribution in [-0.4, -0.2) is 37.0 Å². The lowest BCUT2D eigenvalue weighted by atomic mass is 10.2. The summed E-state index contributed by atoms with van der Waals surface area (Å²) in [5.41, 5.74) is -1.00. The van der Waals surface area contributed by atoms with E-state index in [-0.39, 0.29) is 19.2 Å². The number of aliphatic hydroxyl groups excluding tert-OH is 1. The average molecular weight is 309 g/mol. The minimum Gasteiger partial charge on any atom is -0.395 e. The lowest BCUT2D eigenvalue weighted by molar-refractivity contribution is -0.137. The molecule has 8 heteroatoms. The Kier molecular flexibility index (Phi) is 4.08. The highest BCUT2D eigenvalue weighted by atomic mass is 32.2. The van der Waals surface area contributed by atoms with E-state index in [0.717, 1.165) is 22.5 Å². The molecule has 1 aliphatic carbocycles. The van der Waals surface area contributed by atoms with Crippen LogP contribution in [0.3, 0.4) is 0 Å². The first-order chi connectivity index (χ1) is 9.26. The number of rotatable bonds is 5. The van der Waals surface area contributed by atoms with Gasteiger partial charge in [-0.3, -0.25) is 0 Å². The molecule has 1 N–H and O–H groups in total. The summed E-state index contributed by atoms with van der Waals surface area (Å²) < 4.78 is 63.6. The largest absolute Gasteiger partial charge is 0.416 e. The van der Waals surface area contributed by atoms with E-state index in [0.29, 0.717) is 18.9 Å². The van der Waals surface area contributed by atoms with Crippen LogP contribution in [0.4, 0.5) is 13.2 Å². The SMILES string of the molecule is O=S(=O)(c1cccc(C(F)(F)F)c1)N(CCO)C1CC1. The van der Waals surface area contributed by atoms with Crippen LogP contribution in [0.1, 0.15) is 18.4 Å². The van der Waals surface area contributed by atoms with E-state index in [9.17, 15) is 21.6 Å². The third-order valence-electron chi connectivity index (χ3n) is 3.04. The molecule has 2 rings (SSSR count). The third kappa shape index (κ3) is 3.13. The van der Waals surface area contributed by atoms with Crippen LogP contribution < -0.4 is 0 Å². The molecule has 20 heavy (non-hydrogen) atoms. The van der Waals surface area contributed by atoms with Crippen LogP contribution in [0.5, 0.6) is 0 Å². The number of hydrogen-bond donors (Lipinski definition) is 1. The highest BCUT2D eigenvalue weighted by molar-refractivity contribution is 7.89. The number of nitrogens with zero attached hydrogens (tertiary/aromatic N) is 1. The molecule has 0 unspecified atom stereocenters. The maximum atomic E-state index is 12.6. The molecule has 0 bridgehead atoms. The predicted octanol–water partition coefficient (Wildman–Crippen LogP) is 1.85. The van der Waals surface area contributed by atoms with E-state index in [1.54, 1.807) is 0 Å². The van der Waals surface area contributed by atoms with Crippen LogP contribution >= 0.6 is 0 Å². The summed E-state index contributed by atoms with van der Waals surface area (Å²) in [4.78, 5) is -0.396. The molecule has 0 aliphatic heterocycles. The number of aliphatic hydroxyl groups is 1. The molecule has 0 spiro atoms. The Morgan fingerprint density at radius 2 is 1.95 bits per heavy atom. The molecule has 0 atom stereocenters. The van der Waals surface area contributed by atoms with Gasteiger partial charge in [-0.15, -0.1) is 0 Å². The monoisotopic (exact) mass is 309 g/mol. The number of hydrogen-bond acceptors (Lipinski definition) is 3. The zero-order valence-corrected chi connectivity index (χ0v) is 11.3. The Hall–Kier alpha value is -1.12. The van der Waals surface area contributed by atoms with Gasteiger partial charge in [-0.05, 0) is 31.0 Å². The van der Waals surface area contributed by atoms with Crippen molar-refractivity contribution in [3.63, 3.8) is 0 Å². The third-order valence-corrected chi connectivity index (χ3v) is 4.99. The summed E-state index contributed by atoms with van der Waals surface area (Å²) >= 11 is 0. The van der Waals surface area contributed by atoms with E-state index in [4.69, 9.17) is 5.11 Å². The van der Waals surface area contributed by atoms with E-state index < -0.39 is 26.7 Å². The van der Waals surface area contributed by atoms with Crippen LogP contribution in [-0.2, 0) is 16.2 Å². The molecular formula is C12H14F3NO3S. The summed E-state index contributed by atoms with van der Waals surface area (Å²) in [6, 6.07) is 3.44. The second-order valence-corrected chi connectivity index (χ2v) is 6.49. The van der Waals surface area contributed by atoms with Crippen molar-refractivity contribution in [2.75, 3.05) is 13.2 Å². The van der Waals surface area contributed by atoms with Crippen molar-refractivity contribution in [3.05, 3.63) is 29.8 Å². The Bertz CT molecular complexity index is 582. The van der Waals surface area contributed by atoms with Gasteiger partial charge in [0.2, 0.25) is 10.0 Å². The van der Waals surface area contributed by atoms with Gasteiger partial charge < -0.3 is 5.11 Å². The molecule has 1 saturated carbocycles. The van der Waals surface area contributed by atoms with Crippen molar-refractivity contribution in [3.8, 4) is 0 Å². The minimum atomic E-state index is -4.59. The average Bonchev–Trinajstić information content (AvgIpc) is 3.19. The lowest BCUT2D eigenvalue weighted by Gasteiger charge is -2.21. The van der Waals surface area contributed by atoms with Gasteiger partial charge in [0, 0.05) is 12.6 Å². The number of halogens is 3.